The molecule has 5 nitrogen and oxygen atoms in total. The van der Waals surface area contributed by atoms with Crippen LogP contribution in [-0.4, -0.2) is 22.1 Å². The third-order valence-electron chi connectivity index (χ3n) is 2.49. The third-order valence-corrected chi connectivity index (χ3v) is 2.49. The van der Waals surface area contributed by atoms with E-state index in [9.17, 15) is 9.59 Å². The maximum Gasteiger partial charge on any atom is 0.325 e. The lowest BCUT2D eigenvalue weighted by atomic mass is 10.1. The molecule has 0 radical (unpaired) electrons. The zero-order valence-corrected chi connectivity index (χ0v) is 9.23. The van der Waals surface area contributed by atoms with Crippen LogP contribution in [0.1, 0.15) is 6.92 Å². The second kappa shape index (κ2) is 4.29. The Kier molecular flexibility index (Phi) is 2.82. The molecule has 0 amide bonds. The molecule has 0 bridgehead atoms. The first-order valence-electron chi connectivity index (χ1n) is 5.19. The zero-order valence-electron chi connectivity index (χ0n) is 9.23. The van der Waals surface area contributed by atoms with Crippen molar-refractivity contribution in [2.75, 3.05) is 5.32 Å². The normalized spacial score (nSPS) is 12.3. The van der Waals surface area contributed by atoms with Crippen LogP contribution in [0.5, 0.6) is 0 Å². The smallest absolute Gasteiger partial charge is 0.325 e. The monoisotopic (exact) mass is 232 g/mol. The largest absolute Gasteiger partial charge is 0.480 e. The van der Waals surface area contributed by atoms with Crippen LogP contribution in [0.25, 0.3) is 10.9 Å². The lowest BCUT2D eigenvalue weighted by molar-refractivity contribution is -0.137. The summed E-state index contributed by atoms with van der Waals surface area (Å²) in [7, 11) is 0. The van der Waals surface area contributed by atoms with Crippen molar-refractivity contribution in [1.82, 2.24) is 4.98 Å². The van der Waals surface area contributed by atoms with Gasteiger partial charge < -0.3 is 15.4 Å². The van der Waals surface area contributed by atoms with E-state index in [1.165, 1.54) is 13.0 Å². The van der Waals surface area contributed by atoms with Crippen molar-refractivity contribution in [1.29, 1.82) is 0 Å². The Hall–Kier alpha value is -2.30. The van der Waals surface area contributed by atoms with E-state index in [1.54, 1.807) is 6.07 Å². The number of fused-ring (bicyclic) bond motifs is 1. The maximum atomic E-state index is 11.4. The van der Waals surface area contributed by atoms with Gasteiger partial charge in [-0.15, -0.1) is 0 Å². The van der Waals surface area contributed by atoms with Gasteiger partial charge in [-0.05, 0) is 13.0 Å². The van der Waals surface area contributed by atoms with Gasteiger partial charge in [0.15, 0.2) is 0 Å². The quantitative estimate of drug-likeness (QED) is 0.747. The van der Waals surface area contributed by atoms with Gasteiger partial charge in [-0.3, -0.25) is 9.59 Å². The summed E-state index contributed by atoms with van der Waals surface area (Å²) in [6.45, 7) is 1.53. The predicted molar refractivity (Wildman–Crippen MR) is 65.3 cm³/mol. The number of carboxylic acids is 1. The van der Waals surface area contributed by atoms with E-state index in [4.69, 9.17) is 5.11 Å². The molecule has 1 atom stereocenters. The van der Waals surface area contributed by atoms with Crippen molar-refractivity contribution < 1.29 is 9.90 Å². The van der Waals surface area contributed by atoms with Crippen molar-refractivity contribution in [3.05, 3.63) is 40.7 Å². The highest BCUT2D eigenvalue weighted by atomic mass is 16.4. The van der Waals surface area contributed by atoms with Gasteiger partial charge in [-0.25, -0.2) is 0 Å². The van der Waals surface area contributed by atoms with Gasteiger partial charge in [-0.2, -0.15) is 0 Å². The molecule has 17 heavy (non-hydrogen) atoms. The van der Waals surface area contributed by atoms with Crippen LogP contribution < -0.4 is 10.9 Å². The highest BCUT2D eigenvalue weighted by molar-refractivity contribution is 5.92. The second-order valence-electron chi connectivity index (χ2n) is 3.80. The highest BCUT2D eigenvalue weighted by Crippen LogP contribution is 2.19. The summed E-state index contributed by atoms with van der Waals surface area (Å²) >= 11 is 0. The van der Waals surface area contributed by atoms with Crippen molar-refractivity contribution in [3.63, 3.8) is 0 Å². The molecule has 88 valence electrons. The molecule has 0 saturated heterocycles. The topological polar surface area (TPSA) is 82.2 Å². The molecule has 0 spiro atoms. The number of pyridine rings is 1. The molecular weight excluding hydrogens is 220 g/mol. The Morgan fingerprint density at radius 2 is 2.12 bits per heavy atom. The number of carboxylic acid groups (broad SMARTS) is 1. The molecule has 1 aromatic heterocycles. The zero-order chi connectivity index (χ0) is 12.4. The summed E-state index contributed by atoms with van der Waals surface area (Å²) in [6, 6.07) is 7.84. The molecule has 1 unspecified atom stereocenters. The van der Waals surface area contributed by atoms with E-state index in [1.807, 2.05) is 18.2 Å². The van der Waals surface area contributed by atoms with Crippen molar-refractivity contribution in [2.24, 2.45) is 0 Å². The fourth-order valence-corrected chi connectivity index (χ4v) is 1.62. The molecule has 1 aromatic carbocycles. The minimum Gasteiger partial charge on any atom is -0.480 e. The molecule has 0 saturated carbocycles. The molecule has 3 N–H and O–H groups in total. The summed E-state index contributed by atoms with van der Waals surface area (Å²) in [5, 5.41) is 12.4. The van der Waals surface area contributed by atoms with E-state index >= 15 is 0 Å². The van der Waals surface area contributed by atoms with E-state index in [0.717, 1.165) is 5.39 Å². The summed E-state index contributed by atoms with van der Waals surface area (Å²) in [6.07, 6.45) is 0. The summed E-state index contributed by atoms with van der Waals surface area (Å²) < 4.78 is 0. The average molecular weight is 232 g/mol. The number of anilines is 1. The number of benzene rings is 1. The van der Waals surface area contributed by atoms with Crippen LogP contribution in [0.15, 0.2) is 35.1 Å². The minimum absolute atomic E-state index is 0.260. The van der Waals surface area contributed by atoms with Crippen molar-refractivity contribution >= 4 is 22.6 Å². The number of hydrogen-bond acceptors (Lipinski definition) is 3. The van der Waals surface area contributed by atoms with Crippen LogP contribution in [0.3, 0.4) is 0 Å². The first kappa shape index (κ1) is 11.2. The SMILES string of the molecule is CC(Nc1cc(=O)[nH]c2ccccc12)C(=O)O. The Balaban J connectivity index is 2.52. The summed E-state index contributed by atoms with van der Waals surface area (Å²) in [5.41, 5.74) is 0.947. The molecule has 0 aliphatic heterocycles. The molecule has 2 aromatic rings. The summed E-state index contributed by atoms with van der Waals surface area (Å²) in [5.74, 6) is -0.964. The predicted octanol–water partition coefficient (Wildman–Crippen LogP) is 1.41. The Morgan fingerprint density at radius 3 is 2.82 bits per heavy atom. The van der Waals surface area contributed by atoms with Gasteiger partial charge in [0.25, 0.3) is 0 Å². The molecule has 0 fully saturated rings. The Labute approximate surface area is 97.1 Å². The van der Waals surface area contributed by atoms with Gasteiger partial charge in [0, 0.05) is 17.1 Å². The van der Waals surface area contributed by atoms with Gasteiger partial charge in [-0.1, -0.05) is 18.2 Å². The molecule has 0 aliphatic rings. The number of aliphatic carboxylic acids is 1. The van der Waals surface area contributed by atoms with Crippen LogP contribution >= 0.6 is 0 Å². The van der Waals surface area contributed by atoms with E-state index < -0.39 is 12.0 Å². The summed E-state index contributed by atoms with van der Waals surface area (Å²) in [4.78, 5) is 24.9. The molecule has 0 aliphatic carbocycles. The van der Waals surface area contributed by atoms with Gasteiger partial charge >= 0.3 is 5.97 Å². The van der Waals surface area contributed by atoms with E-state index in [2.05, 4.69) is 10.3 Å². The molecule has 5 heteroatoms. The van der Waals surface area contributed by atoms with Gasteiger partial charge in [0.2, 0.25) is 5.56 Å². The first-order chi connectivity index (χ1) is 8.08. The van der Waals surface area contributed by atoms with Crippen LogP contribution in [0.4, 0.5) is 5.69 Å². The van der Waals surface area contributed by atoms with Gasteiger partial charge in [0.05, 0.1) is 5.52 Å². The number of rotatable bonds is 3. The lowest BCUT2D eigenvalue weighted by Gasteiger charge is -2.12. The van der Waals surface area contributed by atoms with Crippen molar-refractivity contribution in [3.8, 4) is 0 Å². The third kappa shape index (κ3) is 2.28. The van der Waals surface area contributed by atoms with Crippen LogP contribution in [0.2, 0.25) is 0 Å². The standard InChI is InChI=1S/C12H12N2O3/c1-7(12(16)17)13-10-6-11(15)14-9-5-3-2-4-8(9)10/h2-7H,1H3,(H,16,17)(H2,13,14,15). The average Bonchev–Trinajstić information content (AvgIpc) is 2.28. The fourth-order valence-electron chi connectivity index (χ4n) is 1.62. The number of H-pyrrole nitrogens is 1. The van der Waals surface area contributed by atoms with Crippen molar-refractivity contribution in [2.45, 2.75) is 13.0 Å². The molecule has 1 heterocycles. The van der Waals surface area contributed by atoms with E-state index in [0.29, 0.717) is 11.2 Å². The molecule has 2 rings (SSSR count). The maximum absolute atomic E-state index is 11.4. The minimum atomic E-state index is -0.964. The first-order valence-corrected chi connectivity index (χ1v) is 5.19. The number of carbonyl (C=O) groups is 1. The van der Waals surface area contributed by atoms with Crippen LogP contribution in [-0.2, 0) is 4.79 Å². The second-order valence-corrected chi connectivity index (χ2v) is 3.80. The number of para-hydroxylation sites is 1. The number of aromatic amines is 1. The number of nitrogens with one attached hydrogen (secondary N) is 2. The van der Waals surface area contributed by atoms with Crippen LogP contribution in [0, 0.1) is 0 Å². The Morgan fingerprint density at radius 1 is 1.41 bits per heavy atom. The van der Waals surface area contributed by atoms with Gasteiger partial charge in [0.1, 0.15) is 6.04 Å². The fraction of sp³-hybridized carbons (Fsp3) is 0.167. The lowest BCUT2D eigenvalue weighted by Crippen LogP contribution is -2.26. The van der Waals surface area contributed by atoms with E-state index in [-0.39, 0.29) is 5.56 Å². The Bertz CT molecular complexity index is 618. The number of hydrogen-bond donors (Lipinski definition) is 3. The highest BCUT2D eigenvalue weighted by Gasteiger charge is 2.12. The number of aromatic nitrogens is 1. The molecular formula is C12H12N2O3.